The molecule has 0 bridgehead atoms. The maximum atomic E-state index is 12.8. The van der Waals surface area contributed by atoms with Crippen LogP contribution in [0.5, 0.6) is 0 Å². The van der Waals surface area contributed by atoms with Crippen molar-refractivity contribution in [2.24, 2.45) is 0 Å². The number of amides is 1. The Hall–Kier alpha value is -4.87. The van der Waals surface area contributed by atoms with Gasteiger partial charge in [0.2, 0.25) is 5.91 Å². The summed E-state index contributed by atoms with van der Waals surface area (Å²) in [5, 5.41) is 28.5. The first-order valence-corrected chi connectivity index (χ1v) is 14.3. The number of carbonyl (C=O) groups is 1. The fourth-order valence-electron chi connectivity index (χ4n) is 6.20. The molecule has 3 atom stereocenters. The number of aryl methyl sites for hydroxylation is 2. The normalized spacial score (nSPS) is 18.7. The van der Waals surface area contributed by atoms with E-state index in [1.54, 1.807) is 17.8 Å². The maximum absolute atomic E-state index is 12.8. The number of hydrogen-bond donors (Lipinski definition) is 3. The fraction of sp³-hybridized carbons (Fsp3) is 0.281. The highest BCUT2D eigenvalue weighted by atomic mass is 16.5. The summed E-state index contributed by atoms with van der Waals surface area (Å²) < 4.78 is 8.90. The van der Waals surface area contributed by atoms with Crippen molar-refractivity contribution in [3.63, 3.8) is 0 Å². The zero-order valence-electron chi connectivity index (χ0n) is 23.5. The van der Waals surface area contributed by atoms with E-state index in [9.17, 15) is 19.5 Å². The van der Waals surface area contributed by atoms with E-state index in [1.807, 2.05) is 12.1 Å². The van der Waals surface area contributed by atoms with Crippen LogP contribution in [0.4, 0.5) is 5.69 Å². The average molecular weight is 579 g/mol. The number of rotatable bonds is 8. The molecule has 0 saturated carbocycles. The third-order valence-corrected chi connectivity index (χ3v) is 8.32. The third-order valence-electron chi connectivity index (χ3n) is 8.32. The van der Waals surface area contributed by atoms with Gasteiger partial charge in [0.25, 0.3) is 5.56 Å². The Morgan fingerprint density at radius 1 is 1.05 bits per heavy atom. The molecule has 43 heavy (non-hydrogen) atoms. The molecule has 1 saturated heterocycles. The number of aliphatic hydroxyl groups excluding tert-OH is 1. The van der Waals surface area contributed by atoms with Crippen LogP contribution >= 0.6 is 0 Å². The molecule has 3 N–H and O–H groups in total. The van der Waals surface area contributed by atoms with Crippen LogP contribution in [0.2, 0.25) is 0 Å². The van der Waals surface area contributed by atoms with Crippen molar-refractivity contribution in [1.82, 2.24) is 24.5 Å². The van der Waals surface area contributed by atoms with Gasteiger partial charge < -0.3 is 15.2 Å². The molecule has 4 aromatic carbocycles. The number of hydrogen-bond acceptors (Lipinski definition) is 7. The number of aromatic nitrogens is 5. The molecule has 1 aliphatic heterocycles. The molecule has 0 aliphatic carbocycles. The lowest BCUT2D eigenvalue weighted by atomic mass is 9.94. The Morgan fingerprint density at radius 3 is 2.47 bits per heavy atom. The molecule has 0 unspecified atom stereocenters. The SMILES string of the molecule is Cc1cn([C@H]2C[C@H](n3cc(CCCC(=O)Nc4cc5ccc6cccc7ccc(c4)c5c67)nn3)[C@@H](CO)O2)c(=O)[nH]c1=O. The first-order chi connectivity index (χ1) is 20.9. The van der Waals surface area contributed by atoms with Crippen molar-refractivity contribution >= 4 is 43.9 Å². The minimum absolute atomic E-state index is 0.0748. The lowest BCUT2D eigenvalue weighted by molar-refractivity contribution is -0.116. The zero-order valence-corrected chi connectivity index (χ0v) is 23.5. The number of ether oxygens (including phenoxy) is 1. The van der Waals surface area contributed by atoms with E-state index in [0.29, 0.717) is 36.9 Å². The van der Waals surface area contributed by atoms with Crippen LogP contribution < -0.4 is 16.6 Å². The van der Waals surface area contributed by atoms with Gasteiger partial charge in [0, 0.05) is 36.5 Å². The van der Waals surface area contributed by atoms with E-state index in [2.05, 4.69) is 63.1 Å². The summed E-state index contributed by atoms with van der Waals surface area (Å²) in [4.78, 5) is 39.2. The summed E-state index contributed by atoms with van der Waals surface area (Å²) >= 11 is 0. The molecular formula is C32H30N6O5. The van der Waals surface area contributed by atoms with E-state index in [4.69, 9.17) is 4.74 Å². The second-order valence-corrected chi connectivity index (χ2v) is 11.2. The van der Waals surface area contributed by atoms with Gasteiger partial charge in [-0.1, -0.05) is 47.7 Å². The highest BCUT2D eigenvalue weighted by Gasteiger charge is 2.38. The van der Waals surface area contributed by atoms with Crippen LogP contribution in [0.25, 0.3) is 32.3 Å². The smallest absolute Gasteiger partial charge is 0.330 e. The maximum Gasteiger partial charge on any atom is 0.330 e. The van der Waals surface area contributed by atoms with Crippen molar-refractivity contribution in [2.45, 2.75) is 51.0 Å². The number of anilines is 1. The van der Waals surface area contributed by atoms with Gasteiger partial charge in [-0.15, -0.1) is 5.10 Å². The first-order valence-electron chi connectivity index (χ1n) is 14.3. The van der Waals surface area contributed by atoms with E-state index in [1.165, 1.54) is 32.3 Å². The van der Waals surface area contributed by atoms with Gasteiger partial charge >= 0.3 is 5.69 Å². The molecule has 6 aromatic rings. The van der Waals surface area contributed by atoms with Crippen molar-refractivity contribution in [3.05, 3.63) is 99.1 Å². The summed E-state index contributed by atoms with van der Waals surface area (Å²) in [6, 6.07) is 18.4. The number of aromatic amines is 1. The van der Waals surface area contributed by atoms with Crippen LogP contribution in [0, 0.1) is 6.92 Å². The van der Waals surface area contributed by atoms with Gasteiger partial charge in [0.15, 0.2) is 0 Å². The Morgan fingerprint density at radius 2 is 1.74 bits per heavy atom. The lowest BCUT2D eigenvalue weighted by Gasteiger charge is -2.15. The quantitative estimate of drug-likeness (QED) is 0.233. The molecule has 0 radical (unpaired) electrons. The molecule has 11 nitrogen and oxygen atoms in total. The summed E-state index contributed by atoms with van der Waals surface area (Å²) in [6.07, 6.45) is 3.80. The summed E-state index contributed by atoms with van der Waals surface area (Å²) in [7, 11) is 0. The summed E-state index contributed by atoms with van der Waals surface area (Å²) in [5.41, 5.74) is 0.855. The Bertz CT molecular complexity index is 2030. The van der Waals surface area contributed by atoms with Crippen LogP contribution in [0.15, 0.2) is 76.6 Å². The van der Waals surface area contributed by atoms with E-state index < -0.39 is 23.6 Å². The summed E-state index contributed by atoms with van der Waals surface area (Å²) in [5.74, 6) is -0.0748. The standard InChI is InChI=1S/C32H30N6O5/c1-18-15-37(32(42)34-31(18)41)28-14-25(26(17-39)43-28)38-16-23(35-36-38)6-3-7-27(40)33-24-12-21-10-8-19-4-2-5-20-9-11-22(13-24)30(21)29(19)20/h2,4-5,8-13,15-16,25-26,28,39H,3,6-7,14,17H2,1H3,(H,33,40)(H,34,41,42)/t25-,26+,28+/m0/s1. The average Bonchev–Trinajstić information content (AvgIpc) is 3.65. The monoisotopic (exact) mass is 578 g/mol. The zero-order chi connectivity index (χ0) is 29.7. The molecule has 218 valence electrons. The third kappa shape index (κ3) is 4.96. The first kappa shape index (κ1) is 27.0. The van der Waals surface area contributed by atoms with E-state index in [-0.39, 0.29) is 18.6 Å². The molecule has 1 amide bonds. The molecule has 7 rings (SSSR count). The molecule has 3 heterocycles. The number of aliphatic hydroxyl groups is 1. The molecular weight excluding hydrogens is 548 g/mol. The number of nitrogens with one attached hydrogen (secondary N) is 2. The topological polar surface area (TPSA) is 144 Å². The predicted octanol–water partition coefficient (Wildman–Crippen LogP) is 3.82. The second kappa shape index (κ2) is 10.8. The molecule has 1 fully saturated rings. The van der Waals surface area contributed by atoms with Gasteiger partial charge in [0.1, 0.15) is 12.3 Å². The van der Waals surface area contributed by atoms with Crippen molar-refractivity contribution < 1.29 is 14.6 Å². The largest absolute Gasteiger partial charge is 0.394 e. The van der Waals surface area contributed by atoms with Crippen LogP contribution in [-0.4, -0.2) is 48.3 Å². The highest BCUT2D eigenvalue weighted by Crippen LogP contribution is 2.37. The molecule has 2 aromatic heterocycles. The van der Waals surface area contributed by atoms with Crippen LogP contribution in [0.1, 0.15) is 42.8 Å². The Labute approximate surface area is 245 Å². The van der Waals surface area contributed by atoms with Gasteiger partial charge in [-0.3, -0.25) is 19.1 Å². The van der Waals surface area contributed by atoms with Crippen LogP contribution in [0.3, 0.4) is 0 Å². The van der Waals surface area contributed by atoms with Crippen molar-refractivity contribution in [1.29, 1.82) is 0 Å². The predicted molar refractivity (Wildman–Crippen MR) is 162 cm³/mol. The van der Waals surface area contributed by atoms with Crippen molar-refractivity contribution in [3.8, 4) is 0 Å². The fourth-order valence-corrected chi connectivity index (χ4v) is 6.20. The van der Waals surface area contributed by atoms with E-state index >= 15 is 0 Å². The molecule has 11 heteroatoms. The van der Waals surface area contributed by atoms with Gasteiger partial charge in [-0.05, 0) is 64.2 Å². The van der Waals surface area contributed by atoms with E-state index in [0.717, 1.165) is 16.5 Å². The van der Waals surface area contributed by atoms with Gasteiger partial charge in [-0.25, -0.2) is 9.48 Å². The van der Waals surface area contributed by atoms with Gasteiger partial charge in [0.05, 0.1) is 18.3 Å². The molecule has 0 spiro atoms. The highest BCUT2D eigenvalue weighted by molar-refractivity contribution is 6.23. The number of H-pyrrole nitrogens is 1. The van der Waals surface area contributed by atoms with Gasteiger partial charge in [-0.2, -0.15) is 0 Å². The number of carbonyl (C=O) groups excluding carboxylic acids is 1. The minimum atomic E-state index is -0.664. The Balaban J connectivity index is 0.988. The summed E-state index contributed by atoms with van der Waals surface area (Å²) in [6.45, 7) is 1.34. The second-order valence-electron chi connectivity index (χ2n) is 11.2. The minimum Gasteiger partial charge on any atom is -0.394 e. The molecule has 1 aliphatic rings. The lowest BCUT2D eigenvalue weighted by Crippen LogP contribution is -2.33. The number of nitrogens with zero attached hydrogens (tertiary/aromatic N) is 4. The van der Waals surface area contributed by atoms with Crippen molar-refractivity contribution in [2.75, 3.05) is 11.9 Å². The van der Waals surface area contributed by atoms with Crippen LogP contribution in [-0.2, 0) is 16.0 Å². The Kier molecular flexibility index (Phi) is 6.75. The number of benzene rings is 4.